The largest absolute Gasteiger partial charge is 0.394 e. The summed E-state index contributed by atoms with van der Waals surface area (Å²) >= 11 is 0. The van der Waals surface area contributed by atoms with Crippen molar-refractivity contribution in [3.63, 3.8) is 0 Å². The van der Waals surface area contributed by atoms with E-state index in [1.165, 1.54) is 12.1 Å². The molecule has 0 spiro atoms. The van der Waals surface area contributed by atoms with Gasteiger partial charge in [0.25, 0.3) is 10.1 Å². The Morgan fingerprint density at radius 3 is 1.88 bits per heavy atom. The van der Waals surface area contributed by atoms with E-state index in [4.69, 9.17) is 13.4 Å². The molecule has 0 atom stereocenters. The summed E-state index contributed by atoms with van der Waals surface area (Å²) in [5.41, 5.74) is 0. The first kappa shape index (κ1) is 13.3. The van der Waals surface area contributed by atoms with E-state index in [-0.39, 0.29) is 4.90 Å². The Kier molecular flexibility index (Phi) is 3.87. The molecule has 1 rings (SSSR count). The topological polar surface area (TPSA) is 72.8 Å². The van der Waals surface area contributed by atoms with Crippen molar-refractivity contribution in [1.29, 1.82) is 0 Å². The Morgan fingerprint density at radius 1 is 1.12 bits per heavy atom. The number of hydrogen-bond acceptors (Lipinski definition) is 4. The molecule has 16 heavy (non-hydrogen) atoms. The maximum Gasteiger partial charge on any atom is 0.368 e. The summed E-state index contributed by atoms with van der Waals surface area (Å²) in [5.74, 6) is 0. The van der Waals surface area contributed by atoms with E-state index in [1.54, 1.807) is 26.4 Å². The minimum atomic E-state index is -4.14. The SMILES string of the molecule is CO[Si](C)(OC)c1ccc(S(=O)(=O)O)cc1. The van der Waals surface area contributed by atoms with Crippen molar-refractivity contribution < 1.29 is 21.8 Å². The molecule has 90 valence electrons. The third-order valence-electron chi connectivity index (χ3n) is 2.46. The van der Waals surface area contributed by atoms with Crippen molar-refractivity contribution in [2.24, 2.45) is 0 Å². The van der Waals surface area contributed by atoms with Crippen molar-refractivity contribution in [3.8, 4) is 0 Å². The van der Waals surface area contributed by atoms with Crippen molar-refractivity contribution >= 4 is 23.9 Å². The van der Waals surface area contributed by atoms with Gasteiger partial charge in [0, 0.05) is 14.2 Å². The number of rotatable bonds is 4. The van der Waals surface area contributed by atoms with Gasteiger partial charge >= 0.3 is 8.56 Å². The molecule has 0 fully saturated rings. The molecule has 0 aromatic heterocycles. The lowest BCUT2D eigenvalue weighted by Gasteiger charge is -2.22. The van der Waals surface area contributed by atoms with Gasteiger partial charge in [-0.1, -0.05) is 12.1 Å². The van der Waals surface area contributed by atoms with Gasteiger partial charge in [-0.25, -0.2) is 0 Å². The first-order valence-electron chi connectivity index (χ1n) is 4.52. The van der Waals surface area contributed by atoms with Crippen LogP contribution in [0.3, 0.4) is 0 Å². The van der Waals surface area contributed by atoms with E-state index >= 15 is 0 Å². The normalized spacial score (nSPS) is 12.8. The van der Waals surface area contributed by atoms with Crippen LogP contribution in [0.25, 0.3) is 0 Å². The molecule has 0 amide bonds. The van der Waals surface area contributed by atoms with Crippen molar-refractivity contribution in [1.82, 2.24) is 0 Å². The standard InChI is InChI=1S/C9H14O5SSi/c1-13-16(3,14-2)9-6-4-8(5-7-9)15(10,11)12/h4-7H,1-3H3,(H,10,11,12). The maximum atomic E-state index is 10.8. The Balaban J connectivity index is 3.13. The van der Waals surface area contributed by atoms with E-state index in [9.17, 15) is 8.42 Å². The molecule has 0 aliphatic carbocycles. The van der Waals surface area contributed by atoms with Gasteiger partial charge in [-0.15, -0.1) is 0 Å². The Morgan fingerprint density at radius 2 is 1.56 bits per heavy atom. The molecular formula is C9H14O5SSi. The van der Waals surface area contributed by atoms with E-state index in [1.807, 2.05) is 6.55 Å². The highest BCUT2D eigenvalue weighted by Gasteiger charge is 2.31. The van der Waals surface area contributed by atoms with E-state index in [0.717, 1.165) is 5.19 Å². The summed E-state index contributed by atoms with van der Waals surface area (Å²) in [6.45, 7) is 1.84. The number of benzene rings is 1. The van der Waals surface area contributed by atoms with Gasteiger partial charge in [-0.3, -0.25) is 4.55 Å². The van der Waals surface area contributed by atoms with Gasteiger partial charge in [0.05, 0.1) is 4.90 Å². The molecule has 5 nitrogen and oxygen atoms in total. The average Bonchev–Trinajstić information content (AvgIpc) is 2.27. The Bertz CT molecular complexity index is 449. The third kappa shape index (κ3) is 2.69. The first-order chi connectivity index (χ1) is 7.33. The van der Waals surface area contributed by atoms with Gasteiger partial charge in [0.1, 0.15) is 0 Å². The quantitative estimate of drug-likeness (QED) is 0.632. The molecule has 0 aliphatic heterocycles. The summed E-state index contributed by atoms with van der Waals surface area (Å²) in [4.78, 5) is -0.139. The molecule has 1 aromatic carbocycles. The second-order valence-electron chi connectivity index (χ2n) is 3.35. The van der Waals surface area contributed by atoms with Crippen LogP contribution in [-0.4, -0.2) is 35.8 Å². The van der Waals surface area contributed by atoms with Gasteiger partial charge in [0.2, 0.25) is 0 Å². The van der Waals surface area contributed by atoms with Crippen LogP contribution >= 0.6 is 0 Å². The molecule has 7 heteroatoms. The van der Waals surface area contributed by atoms with Crippen LogP contribution in [0.4, 0.5) is 0 Å². The minimum Gasteiger partial charge on any atom is -0.394 e. The third-order valence-corrected chi connectivity index (χ3v) is 6.26. The average molecular weight is 262 g/mol. The molecule has 0 bridgehead atoms. The minimum absolute atomic E-state index is 0.139. The second kappa shape index (κ2) is 4.64. The Labute approximate surface area is 96.0 Å². The van der Waals surface area contributed by atoms with Gasteiger partial charge < -0.3 is 8.85 Å². The monoisotopic (exact) mass is 262 g/mol. The lowest BCUT2D eigenvalue weighted by molar-refractivity contribution is 0.265. The van der Waals surface area contributed by atoms with Crippen molar-refractivity contribution in [2.45, 2.75) is 11.4 Å². The predicted octanol–water partition coefficient (Wildman–Crippen LogP) is 0.505. The zero-order chi connectivity index (χ0) is 12.4. The first-order valence-corrected chi connectivity index (χ1v) is 8.27. The highest BCUT2D eigenvalue weighted by molar-refractivity contribution is 7.85. The predicted molar refractivity (Wildman–Crippen MR) is 61.5 cm³/mol. The molecular weight excluding hydrogens is 248 g/mol. The van der Waals surface area contributed by atoms with E-state index < -0.39 is 18.7 Å². The van der Waals surface area contributed by atoms with Crippen LogP contribution in [0, 0.1) is 0 Å². The van der Waals surface area contributed by atoms with Gasteiger partial charge in [-0.05, 0) is 23.9 Å². The molecule has 0 unspecified atom stereocenters. The summed E-state index contributed by atoms with van der Waals surface area (Å²) in [6, 6.07) is 5.83. The smallest absolute Gasteiger partial charge is 0.368 e. The van der Waals surface area contributed by atoms with Gasteiger partial charge in [-0.2, -0.15) is 8.42 Å². The second-order valence-corrected chi connectivity index (χ2v) is 8.06. The highest BCUT2D eigenvalue weighted by atomic mass is 32.2. The van der Waals surface area contributed by atoms with Crippen LogP contribution in [0.2, 0.25) is 6.55 Å². The summed E-state index contributed by atoms with van der Waals surface area (Å²) < 4.78 is 41.1. The molecule has 0 radical (unpaired) electrons. The van der Waals surface area contributed by atoms with Gasteiger partial charge in [0.15, 0.2) is 0 Å². The summed E-state index contributed by atoms with van der Waals surface area (Å²) in [7, 11) is -3.48. The lowest BCUT2D eigenvalue weighted by atomic mass is 10.4. The van der Waals surface area contributed by atoms with Crippen molar-refractivity contribution in [2.75, 3.05) is 14.2 Å². The fourth-order valence-corrected chi connectivity index (χ4v) is 3.14. The number of hydrogen-bond donors (Lipinski definition) is 1. The zero-order valence-corrected chi connectivity index (χ0v) is 11.1. The fourth-order valence-electron chi connectivity index (χ4n) is 1.25. The lowest BCUT2D eigenvalue weighted by Crippen LogP contribution is -2.49. The van der Waals surface area contributed by atoms with Crippen LogP contribution in [0.5, 0.6) is 0 Å². The van der Waals surface area contributed by atoms with E-state index in [0.29, 0.717) is 0 Å². The van der Waals surface area contributed by atoms with Crippen LogP contribution in [-0.2, 0) is 19.0 Å². The molecule has 0 aliphatic rings. The molecule has 0 saturated heterocycles. The molecule has 1 N–H and O–H groups in total. The van der Waals surface area contributed by atoms with Crippen LogP contribution in [0.15, 0.2) is 29.2 Å². The highest BCUT2D eigenvalue weighted by Crippen LogP contribution is 2.10. The molecule has 0 heterocycles. The van der Waals surface area contributed by atoms with Crippen LogP contribution < -0.4 is 5.19 Å². The zero-order valence-electron chi connectivity index (χ0n) is 9.30. The maximum absolute atomic E-state index is 10.8. The summed E-state index contributed by atoms with van der Waals surface area (Å²) in [6.07, 6.45) is 0. The molecule has 1 aromatic rings. The Hall–Kier alpha value is -0.733. The van der Waals surface area contributed by atoms with Crippen molar-refractivity contribution in [3.05, 3.63) is 24.3 Å². The van der Waals surface area contributed by atoms with E-state index in [2.05, 4.69) is 0 Å². The van der Waals surface area contributed by atoms with Crippen LogP contribution in [0.1, 0.15) is 0 Å². The molecule has 0 saturated carbocycles. The fraction of sp³-hybridized carbons (Fsp3) is 0.333. The summed E-state index contributed by atoms with van der Waals surface area (Å²) in [5, 5.41) is 0.796.